The van der Waals surface area contributed by atoms with Crippen molar-refractivity contribution < 1.29 is 9.53 Å². The molecule has 1 radical (unpaired) electrons. The minimum atomic E-state index is -0.0833. The van der Waals surface area contributed by atoms with Crippen LogP contribution >= 0.6 is 0 Å². The summed E-state index contributed by atoms with van der Waals surface area (Å²) in [5, 5.41) is 2.50. The first kappa shape index (κ1) is 7.54. The molecule has 57 valence electrons. The van der Waals surface area contributed by atoms with Crippen LogP contribution in [0.3, 0.4) is 0 Å². The van der Waals surface area contributed by atoms with E-state index in [0.717, 1.165) is 25.9 Å². The number of rotatable bonds is 2. The van der Waals surface area contributed by atoms with E-state index in [0.29, 0.717) is 0 Å². The smallest absolute Gasteiger partial charge is 0.311 e. The van der Waals surface area contributed by atoms with Gasteiger partial charge in [0.15, 0.2) is 0 Å². The molecule has 1 atom stereocenters. The van der Waals surface area contributed by atoms with Crippen molar-refractivity contribution in [3.8, 4) is 0 Å². The summed E-state index contributed by atoms with van der Waals surface area (Å²) in [7, 11) is 0. The Balaban J connectivity index is 2.21. The summed E-state index contributed by atoms with van der Waals surface area (Å²) in [6.45, 7) is 0.763. The summed E-state index contributed by atoms with van der Waals surface area (Å²) in [5.74, 6) is 0. The van der Waals surface area contributed by atoms with Crippen LogP contribution in [0.4, 0.5) is 0 Å². The van der Waals surface area contributed by atoms with Gasteiger partial charge in [-0.25, -0.2) is 0 Å². The van der Waals surface area contributed by atoms with E-state index >= 15 is 0 Å². The average molecular weight is 142 g/mol. The van der Waals surface area contributed by atoms with Crippen molar-refractivity contribution >= 4 is 6.41 Å². The van der Waals surface area contributed by atoms with Crippen molar-refractivity contribution in [2.45, 2.75) is 31.9 Å². The van der Waals surface area contributed by atoms with E-state index in [-0.39, 0.29) is 6.23 Å². The topological polar surface area (TPSA) is 38.3 Å². The molecule has 1 saturated heterocycles. The fraction of sp³-hybridized carbons (Fsp3) is 0.857. The Morgan fingerprint density at radius 1 is 1.40 bits per heavy atom. The van der Waals surface area contributed by atoms with E-state index in [4.69, 9.17) is 4.74 Å². The van der Waals surface area contributed by atoms with Crippen molar-refractivity contribution in [2.24, 2.45) is 0 Å². The number of carbonyl (C=O) groups excluding carboxylic acids is 1. The Morgan fingerprint density at radius 2 is 2.30 bits per heavy atom. The molecule has 3 nitrogen and oxygen atoms in total. The molecular weight excluding hydrogens is 130 g/mol. The molecule has 1 unspecified atom stereocenters. The molecule has 0 saturated carbocycles. The van der Waals surface area contributed by atoms with Gasteiger partial charge in [-0.1, -0.05) is 6.42 Å². The maximum Gasteiger partial charge on any atom is 0.311 e. The zero-order chi connectivity index (χ0) is 7.23. The van der Waals surface area contributed by atoms with Gasteiger partial charge >= 0.3 is 6.41 Å². The summed E-state index contributed by atoms with van der Waals surface area (Å²) >= 11 is 0. The van der Waals surface area contributed by atoms with E-state index in [1.54, 1.807) is 6.41 Å². The highest BCUT2D eigenvalue weighted by Gasteiger charge is 2.10. The summed E-state index contributed by atoms with van der Waals surface area (Å²) < 4.78 is 5.27. The molecule has 0 bridgehead atoms. The van der Waals surface area contributed by atoms with Gasteiger partial charge in [-0.15, -0.1) is 0 Å². The second-order valence-corrected chi connectivity index (χ2v) is 2.46. The van der Waals surface area contributed by atoms with Gasteiger partial charge < -0.3 is 10.1 Å². The Kier molecular flexibility index (Phi) is 3.22. The Morgan fingerprint density at radius 3 is 3.10 bits per heavy atom. The Labute approximate surface area is 60.7 Å². The third kappa shape index (κ3) is 2.35. The number of hydrogen-bond donors (Lipinski definition) is 1. The Bertz CT molecular complexity index is 97.8. The fourth-order valence-electron chi connectivity index (χ4n) is 1.10. The van der Waals surface area contributed by atoms with Gasteiger partial charge in [0.25, 0.3) is 0 Å². The predicted molar refractivity (Wildman–Crippen MR) is 37.0 cm³/mol. The molecule has 0 aromatic carbocycles. The monoisotopic (exact) mass is 142 g/mol. The number of amides is 1. The van der Waals surface area contributed by atoms with Gasteiger partial charge in [0.1, 0.15) is 6.23 Å². The largest absolute Gasteiger partial charge is 0.359 e. The first-order valence-corrected chi connectivity index (χ1v) is 3.68. The molecule has 1 rings (SSSR count). The quantitative estimate of drug-likeness (QED) is 0.572. The summed E-state index contributed by atoms with van der Waals surface area (Å²) in [4.78, 5) is 9.87. The van der Waals surface area contributed by atoms with Gasteiger partial charge in [0.05, 0.1) is 0 Å². The van der Waals surface area contributed by atoms with Gasteiger partial charge in [0, 0.05) is 6.61 Å². The molecule has 0 aromatic rings. The number of nitrogens with one attached hydrogen (secondary N) is 1. The van der Waals surface area contributed by atoms with Gasteiger partial charge in [-0.3, -0.25) is 4.79 Å². The normalized spacial score (nSPS) is 27.0. The second-order valence-electron chi connectivity index (χ2n) is 2.46. The number of hydrogen-bond acceptors (Lipinski definition) is 2. The molecule has 0 spiro atoms. The lowest BCUT2D eigenvalue weighted by molar-refractivity contribution is 0.0482. The molecule has 10 heavy (non-hydrogen) atoms. The van der Waals surface area contributed by atoms with E-state index in [9.17, 15) is 4.79 Å². The lowest BCUT2D eigenvalue weighted by Crippen LogP contribution is -2.29. The van der Waals surface area contributed by atoms with Crippen molar-refractivity contribution in [3.05, 3.63) is 0 Å². The highest BCUT2D eigenvalue weighted by Crippen LogP contribution is 2.10. The van der Waals surface area contributed by atoms with Gasteiger partial charge in [0.2, 0.25) is 0 Å². The van der Waals surface area contributed by atoms with Crippen LogP contribution in [0.25, 0.3) is 0 Å². The second kappa shape index (κ2) is 4.28. The third-order valence-electron chi connectivity index (χ3n) is 1.65. The summed E-state index contributed by atoms with van der Waals surface area (Å²) in [5.41, 5.74) is 0. The van der Waals surface area contributed by atoms with Crippen LogP contribution < -0.4 is 5.32 Å². The molecule has 1 amide bonds. The van der Waals surface area contributed by atoms with E-state index in [2.05, 4.69) is 5.32 Å². The predicted octanol–water partition coefficient (Wildman–Crippen LogP) is 0.560. The molecule has 1 aliphatic heterocycles. The first-order valence-electron chi connectivity index (χ1n) is 3.68. The highest BCUT2D eigenvalue weighted by molar-refractivity contribution is 5.47. The molecule has 0 aromatic heterocycles. The van der Waals surface area contributed by atoms with Crippen molar-refractivity contribution in [3.63, 3.8) is 0 Å². The van der Waals surface area contributed by atoms with Crippen molar-refractivity contribution in [1.82, 2.24) is 5.32 Å². The van der Waals surface area contributed by atoms with Crippen LogP contribution in [0.1, 0.15) is 25.7 Å². The van der Waals surface area contributed by atoms with Crippen LogP contribution in [-0.4, -0.2) is 19.2 Å². The van der Waals surface area contributed by atoms with Crippen LogP contribution in [0.2, 0.25) is 0 Å². The van der Waals surface area contributed by atoms with Gasteiger partial charge in [-0.05, 0) is 19.3 Å². The average Bonchev–Trinajstić information content (AvgIpc) is 2.17. The van der Waals surface area contributed by atoms with E-state index in [1.165, 1.54) is 6.42 Å². The standard InChI is InChI=1S/C7H12NO2/c9-6-8-7-4-2-1-3-5-10-7/h7H,1-5H2,(H,8,9). The Hall–Kier alpha value is -0.570. The minimum Gasteiger partial charge on any atom is -0.359 e. The molecule has 1 N–H and O–H groups in total. The fourth-order valence-corrected chi connectivity index (χ4v) is 1.10. The van der Waals surface area contributed by atoms with E-state index < -0.39 is 0 Å². The lowest BCUT2D eigenvalue weighted by atomic mass is 10.2. The minimum absolute atomic E-state index is 0.0833. The van der Waals surface area contributed by atoms with Crippen LogP contribution in [0, 0.1) is 0 Å². The summed E-state index contributed by atoms with van der Waals surface area (Å²) in [6, 6.07) is 0. The number of ether oxygens (including phenoxy) is 1. The third-order valence-corrected chi connectivity index (χ3v) is 1.65. The molecule has 0 aliphatic carbocycles. The molecule has 1 heterocycles. The molecule has 3 heteroatoms. The van der Waals surface area contributed by atoms with Crippen LogP contribution in [0.15, 0.2) is 0 Å². The van der Waals surface area contributed by atoms with Gasteiger partial charge in [-0.2, -0.15) is 0 Å². The summed E-state index contributed by atoms with van der Waals surface area (Å²) in [6.07, 6.45) is 5.93. The SMILES string of the molecule is O=[C]NC1CCCCCO1. The van der Waals surface area contributed by atoms with Crippen LogP contribution in [0.5, 0.6) is 0 Å². The lowest BCUT2D eigenvalue weighted by Gasteiger charge is -2.11. The molecule has 1 aliphatic rings. The molecule has 1 fully saturated rings. The van der Waals surface area contributed by atoms with Crippen molar-refractivity contribution in [1.29, 1.82) is 0 Å². The first-order chi connectivity index (χ1) is 4.93. The highest BCUT2D eigenvalue weighted by atomic mass is 16.5. The maximum absolute atomic E-state index is 9.87. The molecular formula is C7H12NO2. The zero-order valence-electron chi connectivity index (χ0n) is 5.93. The van der Waals surface area contributed by atoms with Crippen LogP contribution in [-0.2, 0) is 9.53 Å². The maximum atomic E-state index is 9.87. The van der Waals surface area contributed by atoms with Crippen molar-refractivity contribution in [2.75, 3.05) is 6.61 Å². The van der Waals surface area contributed by atoms with E-state index in [1.807, 2.05) is 0 Å². The zero-order valence-corrected chi connectivity index (χ0v) is 5.93.